The zero-order valence-corrected chi connectivity index (χ0v) is 16.2. The third-order valence-corrected chi connectivity index (χ3v) is 4.50. The highest BCUT2D eigenvalue weighted by molar-refractivity contribution is 5.54. The Hall–Kier alpha value is -2.79. The van der Waals surface area contributed by atoms with Crippen molar-refractivity contribution in [3.05, 3.63) is 66.1 Å². The van der Waals surface area contributed by atoms with Crippen molar-refractivity contribution < 1.29 is 9.15 Å². The van der Waals surface area contributed by atoms with E-state index in [0.717, 1.165) is 36.6 Å². The van der Waals surface area contributed by atoms with E-state index in [9.17, 15) is 0 Å². The number of methoxy groups -OCH3 is 1. The molecule has 3 rings (SSSR count). The van der Waals surface area contributed by atoms with Crippen molar-refractivity contribution in [1.29, 1.82) is 0 Å². The summed E-state index contributed by atoms with van der Waals surface area (Å²) in [5.74, 6) is 1.45. The minimum Gasteiger partial charge on any atom is -0.497 e. The number of oxazole rings is 1. The largest absolute Gasteiger partial charge is 0.497 e. The van der Waals surface area contributed by atoms with Crippen molar-refractivity contribution in [2.45, 2.75) is 20.4 Å². The molecule has 0 unspecified atom stereocenters. The van der Waals surface area contributed by atoms with Crippen LogP contribution in [-0.2, 0) is 6.54 Å². The number of aryl methyl sites for hydroxylation is 1. The van der Waals surface area contributed by atoms with Crippen LogP contribution in [0, 0.1) is 6.92 Å². The molecule has 0 amide bonds. The number of nitrogens with one attached hydrogen (secondary N) is 1. The van der Waals surface area contributed by atoms with Crippen molar-refractivity contribution in [1.82, 2.24) is 10.3 Å². The Balaban J connectivity index is 1.49. The normalized spacial score (nSPS) is 10.8. The van der Waals surface area contributed by atoms with E-state index in [-0.39, 0.29) is 0 Å². The summed E-state index contributed by atoms with van der Waals surface area (Å²) < 4.78 is 10.8. The Morgan fingerprint density at radius 3 is 2.67 bits per heavy atom. The molecule has 0 fully saturated rings. The van der Waals surface area contributed by atoms with Crippen LogP contribution >= 0.6 is 0 Å². The topological polar surface area (TPSA) is 50.5 Å². The first-order valence-corrected chi connectivity index (χ1v) is 9.30. The van der Waals surface area contributed by atoms with E-state index in [0.29, 0.717) is 12.4 Å². The summed E-state index contributed by atoms with van der Waals surface area (Å²) in [5, 5.41) is 3.45. The molecule has 0 aliphatic rings. The fourth-order valence-electron chi connectivity index (χ4n) is 2.98. The molecule has 0 aliphatic carbocycles. The molecule has 5 nitrogen and oxygen atoms in total. The smallest absolute Gasteiger partial charge is 0.226 e. The number of aromatic nitrogens is 1. The van der Waals surface area contributed by atoms with Crippen LogP contribution < -0.4 is 15.0 Å². The van der Waals surface area contributed by atoms with Gasteiger partial charge in [0.15, 0.2) is 0 Å². The van der Waals surface area contributed by atoms with E-state index < -0.39 is 0 Å². The molecule has 1 N–H and O–H groups in total. The highest BCUT2D eigenvalue weighted by Crippen LogP contribution is 2.21. The molecule has 0 aliphatic heterocycles. The van der Waals surface area contributed by atoms with Gasteiger partial charge in [0, 0.05) is 37.4 Å². The fourth-order valence-corrected chi connectivity index (χ4v) is 2.98. The van der Waals surface area contributed by atoms with E-state index in [2.05, 4.69) is 53.3 Å². The molecule has 2 aromatic carbocycles. The van der Waals surface area contributed by atoms with E-state index >= 15 is 0 Å². The molecule has 0 radical (unpaired) electrons. The number of hydrogen-bond acceptors (Lipinski definition) is 5. The number of benzene rings is 2. The lowest BCUT2D eigenvalue weighted by atomic mass is 10.2. The molecule has 0 spiro atoms. The van der Waals surface area contributed by atoms with Gasteiger partial charge >= 0.3 is 0 Å². The van der Waals surface area contributed by atoms with Gasteiger partial charge in [0.1, 0.15) is 12.0 Å². The third kappa shape index (κ3) is 5.11. The second kappa shape index (κ2) is 9.24. The summed E-state index contributed by atoms with van der Waals surface area (Å²) in [6, 6.07) is 16.3. The van der Waals surface area contributed by atoms with Crippen molar-refractivity contribution in [3.63, 3.8) is 0 Å². The van der Waals surface area contributed by atoms with Gasteiger partial charge < -0.3 is 19.4 Å². The van der Waals surface area contributed by atoms with Gasteiger partial charge in [-0.25, -0.2) is 4.98 Å². The Labute approximate surface area is 161 Å². The molecule has 0 atom stereocenters. The van der Waals surface area contributed by atoms with Crippen LogP contribution in [0.15, 0.2) is 59.2 Å². The zero-order chi connectivity index (χ0) is 19.1. The minimum atomic E-state index is 0.629. The summed E-state index contributed by atoms with van der Waals surface area (Å²) >= 11 is 0. The first kappa shape index (κ1) is 19.0. The minimum absolute atomic E-state index is 0.629. The third-order valence-electron chi connectivity index (χ3n) is 4.50. The van der Waals surface area contributed by atoms with Gasteiger partial charge in [0.05, 0.1) is 12.8 Å². The summed E-state index contributed by atoms with van der Waals surface area (Å²) in [6.45, 7) is 7.80. The predicted molar refractivity (Wildman–Crippen MR) is 109 cm³/mol. The van der Waals surface area contributed by atoms with Crippen LogP contribution in [0.25, 0.3) is 11.5 Å². The Kier molecular flexibility index (Phi) is 6.49. The second-order valence-corrected chi connectivity index (χ2v) is 6.47. The molecule has 0 saturated carbocycles. The van der Waals surface area contributed by atoms with Crippen LogP contribution in [0.3, 0.4) is 0 Å². The maximum Gasteiger partial charge on any atom is 0.226 e. The summed E-state index contributed by atoms with van der Waals surface area (Å²) in [7, 11) is 1.66. The highest BCUT2D eigenvalue weighted by Gasteiger charge is 2.08. The molecule has 27 heavy (non-hydrogen) atoms. The zero-order valence-electron chi connectivity index (χ0n) is 16.2. The lowest BCUT2D eigenvalue weighted by molar-refractivity contribution is 0.415. The van der Waals surface area contributed by atoms with Gasteiger partial charge in [-0.1, -0.05) is 12.1 Å². The lowest BCUT2D eigenvalue weighted by Gasteiger charge is -2.23. The molecule has 0 bridgehead atoms. The fraction of sp³-hybridized carbons (Fsp3) is 0.318. The number of ether oxygens (including phenoxy) is 1. The lowest BCUT2D eigenvalue weighted by Crippen LogP contribution is -2.31. The Morgan fingerprint density at radius 2 is 1.96 bits per heavy atom. The molecule has 0 saturated heterocycles. The Morgan fingerprint density at radius 1 is 1.15 bits per heavy atom. The quantitative estimate of drug-likeness (QED) is 0.574. The molecular formula is C22H27N3O2. The van der Waals surface area contributed by atoms with Crippen molar-refractivity contribution in [2.24, 2.45) is 0 Å². The SMILES string of the molecule is CCN(CCNCc1coc(-c2ccc(OC)cc2)n1)c1cccc(C)c1. The molecule has 1 aromatic heterocycles. The Bertz CT molecular complexity index is 843. The van der Waals surface area contributed by atoms with Gasteiger partial charge in [-0.2, -0.15) is 0 Å². The van der Waals surface area contributed by atoms with Crippen molar-refractivity contribution in [3.8, 4) is 17.2 Å². The van der Waals surface area contributed by atoms with Crippen molar-refractivity contribution >= 4 is 5.69 Å². The van der Waals surface area contributed by atoms with Crippen molar-refractivity contribution in [2.75, 3.05) is 31.6 Å². The van der Waals surface area contributed by atoms with Crippen LogP contribution in [0.5, 0.6) is 5.75 Å². The summed E-state index contributed by atoms with van der Waals surface area (Å²) in [4.78, 5) is 6.93. The molecule has 5 heteroatoms. The van der Waals surface area contributed by atoms with Crippen LogP contribution in [0.4, 0.5) is 5.69 Å². The maximum absolute atomic E-state index is 5.60. The van der Waals surface area contributed by atoms with Gasteiger partial charge in [0.2, 0.25) is 5.89 Å². The standard InChI is InChI=1S/C22H27N3O2/c1-4-25(20-7-5-6-17(2)14-20)13-12-23-15-19-16-27-22(24-19)18-8-10-21(26-3)11-9-18/h5-11,14,16,23H,4,12-13,15H2,1-3H3. The van der Waals surface area contributed by atoms with E-state index in [1.807, 2.05) is 24.3 Å². The summed E-state index contributed by atoms with van der Waals surface area (Å²) in [5.41, 5.74) is 4.40. The van der Waals surface area contributed by atoms with Crippen LogP contribution in [0.1, 0.15) is 18.2 Å². The monoisotopic (exact) mass is 365 g/mol. The van der Waals surface area contributed by atoms with Gasteiger partial charge in [0.25, 0.3) is 0 Å². The predicted octanol–water partition coefficient (Wildman–Crippen LogP) is 4.27. The van der Waals surface area contributed by atoms with Gasteiger partial charge in [-0.15, -0.1) is 0 Å². The molecule has 142 valence electrons. The number of rotatable bonds is 9. The number of hydrogen-bond donors (Lipinski definition) is 1. The van der Waals surface area contributed by atoms with Gasteiger partial charge in [-0.3, -0.25) is 0 Å². The van der Waals surface area contributed by atoms with Crippen LogP contribution in [-0.4, -0.2) is 31.7 Å². The molecular weight excluding hydrogens is 338 g/mol. The average Bonchev–Trinajstić information content (AvgIpc) is 3.17. The number of nitrogens with zero attached hydrogens (tertiary/aromatic N) is 2. The maximum atomic E-state index is 5.60. The summed E-state index contributed by atoms with van der Waals surface area (Å²) in [6.07, 6.45) is 1.71. The molecule has 3 aromatic rings. The highest BCUT2D eigenvalue weighted by atomic mass is 16.5. The van der Waals surface area contributed by atoms with E-state index in [1.54, 1.807) is 13.4 Å². The van der Waals surface area contributed by atoms with Crippen LogP contribution in [0.2, 0.25) is 0 Å². The average molecular weight is 365 g/mol. The second-order valence-electron chi connectivity index (χ2n) is 6.47. The molecule has 1 heterocycles. The van der Waals surface area contributed by atoms with Gasteiger partial charge in [-0.05, 0) is 55.8 Å². The number of likely N-dealkylation sites (N-methyl/N-ethyl adjacent to an activating group) is 1. The van der Waals surface area contributed by atoms with E-state index in [4.69, 9.17) is 9.15 Å². The van der Waals surface area contributed by atoms with E-state index in [1.165, 1.54) is 11.3 Å². The number of anilines is 1. The first-order chi connectivity index (χ1) is 13.2. The first-order valence-electron chi connectivity index (χ1n) is 9.30.